The topological polar surface area (TPSA) is 257 Å². The summed E-state index contributed by atoms with van der Waals surface area (Å²) in [6, 6.07) is 7.73. The van der Waals surface area contributed by atoms with Crippen molar-refractivity contribution < 1.29 is 78.4 Å². The van der Waals surface area contributed by atoms with Gasteiger partial charge in [-0.1, -0.05) is 0 Å². The van der Waals surface area contributed by atoms with Crippen molar-refractivity contribution in [1.82, 2.24) is 0 Å². The summed E-state index contributed by atoms with van der Waals surface area (Å²) in [5.74, 6) is -1.13. The van der Waals surface area contributed by atoms with Crippen LogP contribution in [0.4, 0.5) is 0 Å². The van der Waals surface area contributed by atoms with Crippen LogP contribution in [0.5, 0.6) is 28.7 Å². The largest absolute Gasteiger partial charge is 0.501 e. The fourth-order valence-corrected chi connectivity index (χ4v) is 5.35. The molecule has 2 aromatic carbocycles. The van der Waals surface area contributed by atoms with Crippen molar-refractivity contribution in [3.63, 3.8) is 0 Å². The van der Waals surface area contributed by atoms with Gasteiger partial charge in [-0.3, -0.25) is 4.79 Å². The zero-order chi connectivity index (χ0) is 34.2. The summed E-state index contributed by atoms with van der Waals surface area (Å²) in [6.07, 6.45) is -17.0. The highest BCUT2D eigenvalue weighted by molar-refractivity contribution is 5.95. The van der Waals surface area contributed by atoms with Gasteiger partial charge in [0.1, 0.15) is 65.7 Å². The third-order valence-corrected chi connectivity index (χ3v) is 7.98. The molecule has 2 aliphatic heterocycles. The van der Waals surface area contributed by atoms with Crippen molar-refractivity contribution in [3.8, 4) is 40.1 Å². The standard InChI is InChI=1S/C30H36O17/c1-40-12-6-4-11(5-7-12)14-8-13(32)17-25(44-14)27(41-2)24(39)28(42-3)26(17)47-30-23(38)21(36)19(34)16(46-30)10-43-29-22(37)20(35)18(33)15(9-31)45-29/h4-8,15-16,18-23,29-31,33-39H,9-10H2,1-3H3. The molecule has 0 saturated carbocycles. The molecular weight excluding hydrogens is 632 g/mol. The fraction of sp³-hybridized carbons (Fsp3) is 0.500. The van der Waals surface area contributed by atoms with E-state index in [9.17, 15) is 45.6 Å². The van der Waals surface area contributed by atoms with Gasteiger partial charge in [-0.2, -0.15) is 0 Å². The van der Waals surface area contributed by atoms with E-state index in [-0.39, 0.29) is 22.5 Å². The van der Waals surface area contributed by atoms with Gasteiger partial charge in [-0.05, 0) is 24.3 Å². The number of fused-ring (bicyclic) bond motifs is 1. The fourth-order valence-electron chi connectivity index (χ4n) is 5.35. The maximum atomic E-state index is 13.6. The summed E-state index contributed by atoms with van der Waals surface area (Å²) in [4.78, 5) is 13.6. The van der Waals surface area contributed by atoms with E-state index < -0.39 is 97.3 Å². The maximum absolute atomic E-state index is 13.6. The molecule has 17 nitrogen and oxygen atoms in total. The number of methoxy groups -OCH3 is 3. The van der Waals surface area contributed by atoms with Gasteiger partial charge in [-0.25, -0.2) is 0 Å². The average molecular weight is 669 g/mol. The molecule has 0 aliphatic carbocycles. The average Bonchev–Trinajstić information content (AvgIpc) is 3.07. The number of phenolic OH excluding ortho intramolecular Hbond substituents is 1. The lowest BCUT2D eigenvalue weighted by Crippen LogP contribution is -2.62. The monoisotopic (exact) mass is 668 g/mol. The first kappa shape index (κ1) is 34.6. The van der Waals surface area contributed by atoms with Crippen LogP contribution in [-0.2, 0) is 14.2 Å². The molecule has 258 valence electrons. The molecule has 3 aromatic rings. The summed E-state index contributed by atoms with van der Waals surface area (Å²) < 4.78 is 44.1. The zero-order valence-corrected chi connectivity index (χ0v) is 25.3. The van der Waals surface area contributed by atoms with E-state index in [1.54, 1.807) is 24.3 Å². The van der Waals surface area contributed by atoms with E-state index in [2.05, 4.69) is 0 Å². The molecule has 0 radical (unpaired) electrons. The highest BCUT2D eigenvalue weighted by atomic mass is 16.7. The van der Waals surface area contributed by atoms with Crippen LogP contribution in [-0.4, -0.2) is 137 Å². The van der Waals surface area contributed by atoms with Gasteiger partial charge in [0.25, 0.3) is 0 Å². The molecular formula is C30H36O17. The third kappa shape index (κ3) is 6.42. The number of ether oxygens (including phenoxy) is 7. The Morgan fingerprint density at radius 1 is 0.723 bits per heavy atom. The van der Waals surface area contributed by atoms with Gasteiger partial charge >= 0.3 is 0 Å². The number of aromatic hydroxyl groups is 1. The van der Waals surface area contributed by atoms with Crippen LogP contribution in [0.1, 0.15) is 0 Å². The van der Waals surface area contributed by atoms with E-state index in [1.165, 1.54) is 14.2 Å². The number of aliphatic hydroxyl groups is 7. The quantitative estimate of drug-likeness (QED) is 0.118. The minimum atomic E-state index is -1.93. The zero-order valence-electron chi connectivity index (χ0n) is 25.3. The summed E-state index contributed by atoms with van der Waals surface area (Å²) in [6.45, 7) is -1.35. The normalized spacial score (nSPS) is 31.0. The first-order valence-corrected chi connectivity index (χ1v) is 14.3. The highest BCUT2D eigenvalue weighted by Gasteiger charge is 2.48. The van der Waals surface area contributed by atoms with Gasteiger partial charge in [-0.15, -0.1) is 0 Å². The van der Waals surface area contributed by atoms with Gasteiger partial charge in [0.15, 0.2) is 23.1 Å². The number of aliphatic hydroxyl groups excluding tert-OH is 7. The van der Waals surface area contributed by atoms with E-state index in [0.29, 0.717) is 11.3 Å². The predicted molar refractivity (Wildman–Crippen MR) is 156 cm³/mol. The summed E-state index contributed by atoms with van der Waals surface area (Å²) in [5, 5.41) is 82.5. The van der Waals surface area contributed by atoms with E-state index in [0.717, 1.165) is 13.2 Å². The Morgan fingerprint density at radius 2 is 1.32 bits per heavy atom. The molecule has 8 N–H and O–H groups in total. The van der Waals surface area contributed by atoms with Crippen molar-refractivity contribution in [3.05, 3.63) is 40.6 Å². The third-order valence-electron chi connectivity index (χ3n) is 7.98. The first-order valence-electron chi connectivity index (χ1n) is 14.3. The number of benzene rings is 2. The van der Waals surface area contributed by atoms with Crippen LogP contribution in [0, 0.1) is 0 Å². The van der Waals surface area contributed by atoms with Gasteiger partial charge in [0.2, 0.25) is 23.5 Å². The van der Waals surface area contributed by atoms with Gasteiger partial charge in [0.05, 0.1) is 34.5 Å². The lowest BCUT2D eigenvalue weighted by atomic mass is 9.98. The molecule has 0 bridgehead atoms. The van der Waals surface area contributed by atoms with Crippen LogP contribution in [0.3, 0.4) is 0 Å². The Bertz CT molecular complexity index is 1590. The van der Waals surface area contributed by atoms with E-state index in [4.69, 9.17) is 37.6 Å². The summed E-state index contributed by atoms with van der Waals surface area (Å²) in [5.41, 5.74) is -0.459. The van der Waals surface area contributed by atoms with Crippen LogP contribution < -0.4 is 24.4 Å². The number of phenols is 1. The molecule has 10 atom stereocenters. The lowest BCUT2D eigenvalue weighted by Gasteiger charge is -2.42. The minimum Gasteiger partial charge on any atom is -0.501 e. The summed E-state index contributed by atoms with van der Waals surface area (Å²) in [7, 11) is 3.88. The second kappa shape index (κ2) is 14.2. The van der Waals surface area contributed by atoms with Crippen molar-refractivity contribution in [2.45, 2.75) is 61.4 Å². The molecule has 10 unspecified atom stereocenters. The van der Waals surface area contributed by atoms with E-state index in [1.807, 2.05) is 0 Å². The minimum absolute atomic E-state index is 0.0943. The Balaban J connectivity index is 1.48. The van der Waals surface area contributed by atoms with Gasteiger partial charge < -0.3 is 78.4 Å². The molecule has 5 rings (SSSR count). The van der Waals surface area contributed by atoms with Crippen LogP contribution in [0.2, 0.25) is 0 Å². The Labute approximate surface area is 266 Å². The van der Waals surface area contributed by atoms with Crippen LogP contribution in [0.25, 0.3) is 22.3 Å². The second-order valence-corrected chi connectivity index (χ2v) is 10.8. The predicted octanol–water partition coefficient (Wildman–Crippen LogP) is -1.81. The molecule has 47 heavy (non-hydrogen) atoms. The molecule has 3 heterocycles. The number of hydrogen-bond donors (Lipinski definition) is 8. The van der Waals surface area contributed by atoms with Crippen molar-refractivity contribution in [1.29, 1.82) is 0 Å². The molecule has 17 heteroatoms. The lowest BCUT2D eigenvalue weighted by molar-refractivity contribution is -0.323. The van der Waals surface area contributed by atoms with Crippen LogP contribution >= 0.6 is 0 Å². The molecule has 2 aliphatic rings. The maximum Gasteiger partial charge on any atom is 0.229 e. The molecule has 0 spiro atoms. The SMILES string of the molecule is COc1ccc(-c2cc(=O)c3c(OC4OC(COC5OC(CO)C(O)C(O)C5O)C(O)C(O)C4O)c(OC)c(O)c(OC)c3o2)cc1. The highest BCUT2D eigenvalue weighted by Crippen LogP contribution is 2.50. The molecule has 2 fully saturated rings. The van der Waals surface area contributed by atoms with Crippen molar-refractivity contribution in [2.24, 2.45) is 0 Å². The smallest absolute Gasteiger partial charge is 0.229 e. The molecule has 2 saturated heterocycles. The number of hydrogen-bond acceptors (Lipinski definition) is 17. The first-order chi connectivity index (χ1) is 22.4. The van der Waals surface area contributed by atoms with Crippen LogP contribution in [0.15, 0.2) is 39.5 Å². The van der Waals surface area contributed by atoms with E-state index >= 15 is 0 Å². The molecule has 0 amide bonds. The Kier molecular flexibility index (Phi) is 10.4. The Morgan fingerprint density at radius 3 is 1.91 bits per heavy atom. The molecule has 1 aromatic heterocycles. The van der Waals surface area contributed by atoms with Gasteiger partial charge in [0, 0.05) is 11.6 Å². The van der Waals surface area contributed by atoms with Crippen molar-refractivity contribution in [2.75, 3.05) is 34.5 Å². The summed E-state index contributed by atoms with van der Waals surface area (Å²) >= 11 is 0. The Hall–Kier alpha value is -3.75. The second-order valence-electron chi connectivity index (χ2n) is 10.8. The van der Waals surface area contributed by atoms with Crippen molar-refractivity contribution >= 4 is 11.0 Å². The number of rotatable bonds is 10.